The van der Waals surface area contributed by atoms with Crippen molar-refractivity contribution in [1.29, 1.82) is 0 Å². The summed E-state index contributed by atoms with van der Waals surface area (Å²) in [6, 6.07) is 5.45. The van der Waals surface area contributed by atoms with E-state index in [0.717, 1.165) is 12.1 Å². The summed E-state index contributed by atoms with van der Waals surface area (Å²) in [6.07, 6.45) is 3.58. The number of nitrogens with zero attached hydrogens (tertiary/aromatic N) is 3. The molecule has 0 saturated carbocycles. The van der Waals surface area contributed by atoms with Gasteiger partial charge in [-0.3, -0.25) is 14.5 Å². The van der Waals surface area contributed by atoms with E-state index in [9.17, 15) is 13.6 Å². The van der Waals surface area contributed by atoms with Crippen LogP contribution in [0.2, 0.25) is 0 Å². The van der Waals surface area contributed by atoms with Crippen LogP contribution in [0.5, 0.6) is 0 Å². The normalized spacial score (nSPS) is 11.0. The Balaban J connectivity index is 2.06. The molecule has 0 amide bonds. The number of halogens is 2. The fourth-order valence-corrected chi connectivity index (χ4v) is 2.19. The molecule has 0 saturated heterocycles. The highest BCUT2D eigenvalue weighted by Crippen LogP contribution is 2.24. The van der Waals surface area contributed by atoms with Crippen LogP contribution in [0.15, 0.2) is 36.7 Å². The highest BCUT2D eigenvalue weighted by atomic mass is 19.2. The van der Waals surface area contributed by atoms with Crippen molar-refractivity contribution >= 4 is 16.8 Å². The summed E-state index contributed by atoms with van der Waals surface area (Å²) < 4.78 is 27.9. The van der Waals surface area contributed by atoms with Gasteiger partial charge in [0.25, 0.3) is 0 Å². The summed E-state index contributed by atoms with van der Waals surface area (Å²) >= 11 is 0. The molecule has 0 atom stereocenters. The third-order valence-electron chi connectivity index (χ3n) is 3.47. The third kappa shape index (κ3) is 2.59. The number of Topliss-reactive ketones (excluding diaryl/α,β-unsaturated/α-hetero) is 1. The minimum Gasteiger partial charge on any atom is -0.298 e. The molecule has 6 heteroatoms. The molecule has 0 aliphatic carbocycles. The summed E-state index contributed by atoms with van der Waals surface area (Å²) in [7, 11) is 0. The van der Waals surface area contributed by atoms with Gasteiger partial charge in [-0.2, -0.15) is 5.10 Å². The Labute approximate surface area is 125 Å². The second-order valence-electron chi connectivity index (χ2n) is 4.95. The Morgan fingerprint density at radius 1 is 1.14 bits per heavy atom. The molecule has 0 radical (unpaired) electrons. The largest absolute Gasteiger partial charge is 0.298 e. The first-order chi connectivity index (χ1) is 10.6. The number of carbonyl (C=O) groups is 1. The molecule has 0 fully saturated rings. The molecule has 0 aliphatic heterocycles. The van der Waals surface area contributed by atoms with Crippen molar-refractivity contribution in [2.45, 2.75) is 19.9 Å². The van der Waals surface area contributed by atoms with Crippen LogP contribution in [0.1, 0.15) is 13.3 Å². The highest BCUT2D eigenvalue weighted by molar-refractivity contribution is 5.83. The molecule has 0 aliphatic rings. The lowest BCUT2D eigenvalue weighted by atomic mass is 10.1. The van der Waals surface area contributed by atoms with Gasteiger partial charge in [-0.25, -0.2) is 8.78 Å². The molecule has 22 heavy (non-hydrogen) atoms. The molecule has 0 unspecified atom stereocenters. The van der Waals surface area contributed by atoms with Crippen molar-refractivity contribution in [3.63, 3.8) is 0 Å². The number of aromatic nitrogens is 3. The average molecular weight is 301 g/mol. The fourth-order valence-electron chi connectivity index (χ4n) is 2.19. The van der Waals surface area contributed by atoms with Crippen LogP contribution in [-0.2, 0) is 11.3 Å². The number of hydrogen-bond donors (Lipinski definition) is 0. The molecule has 0 spiro atoms. The summed E-state index contributed by atoms with van der Waals surface area (Å²) in [4.78, 5) is 15.8. The van der Waals surface area contributed by atoms with Crippen molar-refractivity contribution in [2.75, 3.05) is 0 Å². The number of ketones is 1. The molecule has 0 bridgehead atoms. The van der Waals surface area contributed by atoms with Gasteiger partial charge in [-0.1, -0.05) is 13.0 Å². The van der Waals surface area contributed by atoms with Gasteiger partial charge < -0.3 is 0 Å². The van der Waals surface area contributed by atoms with Gasteiger partial charge >= 0.3 is 0 Å². The first-order valence-corrected chi connectivity index (χ1v) is 6.87. The Morgan fingerprint density at radius 2 is 1.95 bits per heavy atom. The van der Waals surface area contributed by atoms with E-state index in [-0.39, 0.29) is 12.3 Å². The average Bonchev–Trinajstić information content (AvgIpc) is 2.92. The van der Waals surface area contributed by atoms with Crippen molar-refractivity contribution in [1.82, 2.24) is 14.8 Å². The zero-order valence-corrected chi connectivity index (χ0v) is 11.9. The maximum atomic E-state index is 13.4. The Morgan fingerprint density at radius 3 is 2.68 bits per heavy atom. The van der Waals surface area contributed by atoms with E-state index in [1.165, 1.54) is 6.07 Å². The van der Waals surface area contributed by atoms with Crippen LogP contribution >= 0.6 is 0 Å². The second-order valence-corrected chi connectivity index (χ2v) is 4.95. The monoisotopic (exact) mass is 301 g/mol. The summed E-state index contributed by atoms with van der Waals surface area (Å²) in [6.45, 7) is 1.96. The molecule has 0 N–H and O–H groups in total. The number of pyridine rings is 1. The van der Waals surface area contributed by atoms with Gasteiger partial charge in [0.05, 0.1) is 11.7 Å². The van der Waals surface area contributed by atoms with E-state index >= 15 is 0 Å². The maximum absolute atomic E-state index is 13.4. The van der Waals surface area contributed by atoms with Gasteiger partial charge in [0, 0.05) is 18.2 Å². The molecule has 112 valence electrons. The molecule has 1 aromatic carbocycles. The Bertz CT molecular complexity index is 858. The van der Waals surface area contributed by atoms with Crippen LogP contribution in [0.25, 0.3) is 22.2 Å². The van der Waals surface area contributed by atoms with Crippen LogP contribution < -0.4 is 0 Å². The summed E-state index contributed by atoms with van der Waals surface area (Å²) in [5.74, 6) is -1.74. The number of rotatable bonds is 4. The lowest BCUT2D eigenvalue weighted by Crippen LogP contribution is -2.09. The fraction of sp³-hybridized carbons (Fsp3) is 0.188. The minimum atomic E-state index is -0.910. The van der Waals surface area contributed by atoms with Crippen molar-refractivity contribution in [3.8, 4) is 11.1 Å². The van der Waals surface area contributed by atoms with Crippen LogP contribution in [0.4, 0.5) is 8.78 Å². The van der Waals surface area contributed by atoms with Crippen LogP contribution in [0.3, 0.4) is 0 Å². The predicted octanol–water partition coefficient (Wildman–Crippen LogP) is 3.36. The molecule has 4 nitrogen and oxygen atoms in total. The summed E-state index contributed by atoms with van der Waals surface area (Å²) in [5, 5.41) is 4.15. The van der Waals surface area contributed by atoms with E-state index in [2.05, 4.69) is 10.1 Å². The van der Waals surface area contributed by atoms with Crippen molar-refractivity contribution < 1.29 is 13.6 Å². The minimum absolute atomic E-state index is 0.0585. The van der Waals surface area contributed by atoms with Crippen molar-refractivity contribution in [2.24, 2.45) is 0 Å². The maximum Gasteiger partial charge on any atom is 0.159 e. The van der Waals surface area contributed by atoms with E-state index in [1.807, 2.05) is 0 Å². The first kappa shape index (κ1) is 14.3. The number of carbonyl (C=O) groups excluding carboxylic acids is 1. The number of hydrogen-bond acceptors (Lipinski definition) is 3. The van der Waals surface area contributed by atoms with Gasteiger partial charge in [0.1, 0.15) is 12.1 Å². The molecular weight excluding hydrogens is 288 g/mol. The molecular formula is C16H13F2N3O. The Kier molecular flexibility index (Phi) is 3.66. The lowest BCUT2D eigenvalue weighted by Gasteiger charge is -2.05. The van der Waals surface area contributed by atoms with Crippen LogP contribution in [0, 0.1) is 11.6 Å². The highest BCUT2D eigenvalue weighted by Gasteiger charge is 2.10. The molecule has 3 aromatic rings. The lowest BCUT2D eigenvalue weighted by molar-refractivity contribution is -0.119. The first-order valence-electron chi connectivity index (χ1n) is 6.87. The van der Waals surface area contributed by atoms with Gasteiger partial charge in [0.2, 0.25) is 0 Å². The molecule has 2 aromatic heterocycles. The smallest absolute Gasteiger partial charge is 0.159 e. The molecule has 3 rings (SSSR count). The second kappa shape index (κ2) is 5.63. The third-order valence-corrected chi connectivity index (χ3v) is 3.47. The van der Waals surface area contributed by atoms with E-state index in [4.69, 9.17) is 0 Å². The predicted molar refractivity (Wildman–Crippen MR) is 78.2 cm³/mol. The zero-order valence-electron chi connectivity index (χ0n) is 11.9. The van der Waals surface area contributed by atoms with Crippen LogP contribution in [-0.4, -0.2) is 20.5 Å². The van der Waals surface area contributed by atoms with E-state index in [0.29, 0.717) is 28.6 Å². The SMILES string of the molecule is CCC(=O)Cn1ncc2ncc(-c3ccc(F)c(F)c3)cc21. The summed E-state index contributed by atoms with van der Waals surface area (Å²) in [5.41, 5.74) is 2.49. The number of fused-ring (bicyclic) bond motifs is 1. The topological polar surface area (TPSA) is 47.8 Å². The standard InChI is InChI=1S/C16H13F2N3O/c1-2-12(22)9-21-16-6-11(7-19-15(16)8-20-21)10-3-4-13(17)14(18)5-10/h3-8H,2,9H2,1H3. The Hall–Kier alpha value is -2.63. The quantitative estimate of drug-likeness (QED) is 0.742. The molecule has 2 heterocycles. The van der Waals surface area contributed by atoms with E-state index in [1.54, 1.807) is 30.1 Å². The van der Waals surface area contributed by atoms with Gasteiger partial charge in [0.15, 0.2) is 17.4 Å². The van der Waals surface area contributed by atoms with E-state index < -0.39 is 11.6 Å². The van der Waals surface area contributed by atoms with Gasteiger partial charge in [-0.05, 0) is 23.8 Å². The van der Waals surface area contributed by atoms with Crippen molar-refractivity contribution in [3.05, 3.63) is 48.3 Å². The number of benzene rings is 1. The zero-order chi connectivity index (χ0) is 15.7. The van der Waals surface area contributed by atoms with Gasteiger partial charge in [-0.15, -0.1) is 0 Å².